The minimum Gasteiger partial charge on any atom is -0.319 e. The van der Waals surface area contributed by atoms with Crippen molar-refractivity contribution in [3.8, 4) is 0 Å². The molecule has 1 amide bonds. The van der Waals surface area contributed by atoms with Crippen LogP contribution in [0.5, 0.6) is 0 Å². The average molecular weight is 253 g/mol. The number of rotatable bonds is 3. The van der Waals surface area contributed by atoms with E-state index in [0.717, 1.165) is 11.1 Å². The van der Waals surface area contributed by atoms with Gasteiger partial charge in [-0.2, -0.15) is 0 Å². The fourth-order valence-corrected chi connectivity index (χ4v) is 1.73. The van der Waals surface area contributed by atoms with E-state index in [1.54, 1.807) is 18.2 Å². The summed E-state index contributed by atoms with van der Waals surface area (Å²) < 4.78 is 0. The first-order chi connectivity index (χ1) is 9.08. The van der Waals surface area contributed by atoms with E-state index in [4.69, 9.17) is 0 Å². The van der Waals surface area contributed by atoms with Crippen LogP contribution >= 0.6 is 0 Å². The van der Waals surface area contributed by atoms with E-state index in [-0.39, 0.29) is 0 Å². The number of amides is 1. The summed E-state index contributed by atoms with van der Waals surface area (Å²) >= 11 is 0. The van der Waals surface area contributed by atoms with Crippen molar-refractivity contribution in [2.75, 3.05) is 5.32 Å². The Morgan fingerprint density at radius 3 is 2.16 bits per heavy atom. The molecule has 0 radical (unpaired) electrons. The fourth-order valence-electron chi connectivity index (χ4n) is 1.73. The lowest BCUT2D eigenvalue weighted by atomic mass is 10.1. The summed E-state index contributed by atoms with van der Waals surface area (Å²) in [7, 11) is 0. The van der Waals surface area contributed by atoms with Gasteiger partial charge in [-0.1, -0.05) is 48.0 Å². The second kappa shape index (κ2) is 5.48. The highest BCUT2D eigenvalue weighted by atomic mass is 16.2. The predicted molar refractivity (Wildman–Crippen MR) is 75.3 cm³/mol. The van der Waals surface area contributed by atoms with Crippen molar-refractivity contribution >= 4 is 17.4 Å². The van der Waals surface area contributed by atoms with Crippen LogP contribution in [0.4, 0.5) is 5.69 Å². The number of aryl methyl sites for hydroxylation is 2. The Labute approximate surface area is 112 Å². The first-order valence-electron chi connectivity index (χ1n) is 6.06. The molecule has 2 rings (SSSR count). The zero-order valence-electron chi connectivity index (χ0n) is 10.9. The van der Waals surface area contributed by atoms with Crippen LogP contribution < -0.4 is 5.32 Å². The van der Waals surface area contributed by atoms with E-state index >= 15 is 0 Å². The molecular formula is C16H15NO2. The van der Waals surface area contributed by atoms with E-state index in [1.807, 2.05) is 44.2 Å². The molecule has 1 N–H and O–H groups in total. The van der Waals surface area contributed by atoms with Crippen LogP contribution in [0.1, 0.15) is 21.5 Å². The van der Waals surface area contributed by atoms with Gasteiger partial charge in [-0.05, 0) is 25.5 Å². The molecule has 2 aromatic rings. The number of anilines is 1. The summed E-state index contributed by atoms with van der Waals surface area (Å²) in [5, 5.41) is 2.63. The Morgan fingerprint density at radius 2 is 1.53 bits per heavy atom. The van der Waals surface area contributed by atoms with E-state index in [2.05, 4.69) is 5.32 Å². The van der Waals surface area contributed by atoms with Crippen LogP contribution in [-0.4, -0.2) is 11.7 Å². The number of para-hydroxylation sites is 1. The first-order valence-corrected chi connectivity index (χ1v) is 6.06. The third-order valence-electron chi connectivity index (χ3n) is 2.91. The van der Waals surface area contributed by atoms with Crippen LogP contribution in [0.15, 0.2) is 48.5 Å². The van der Waals surface area contributed by atoms with Gasteiger partial charge in [0.1, 0.15) is 0 Å². The van der Waals surface area contributed by atoms with Gasteiger partial charge in [-0.3, -0.25) is 9.59 Å². The number of ketones is 1. The number of hydrogen-bond acceptors (Lipinski definition) is 2. The summed E-state index contributed by atoms with van der Waals surface area (Å²) in [4.78, 5) is 23.8. The Balaban J connectivity index is 2.14. The van der Waals surface area contributed by atoms with Gasteiger partial charge in [-0.15, -0.1) is 0 Å². The molecule has 0 aliphatic carbocycles. The van der Waals surface area contributed by atoms with E-state index in [1.165, 1.54) is 0 Å². The molecule has 3 nitrogen and oxygen atoms in total. The average Bonchev–Trinajstić information content (AvgIpc) is 2.41. The quantitative estimate of drug-likeness (QED) is 0.674. The van der Waals surface area contributed by atoms with E-state index in [9.17, 15) is 9.59 Å². The van der Waals surface area contributed by atoms with Crippen LogP contribution in [0.25, 0.3) is 0 Å². The molecule has 0 heterocycles. The monoisotopic (exact) mass is 253 g/mol. The molecule has 19 heavy (non-hydrogen) atoms. The lowest BCUT2D eigenvalue weighted by Gasteiger charge is -2.07. The predicted octanol–water partition coefficient (Wildman–Crippen LogP) is 3.12. The third-order valence-corrected chi connectivity index (χ3v) is 2.91. The molecule has 0 saturated carbocycles. The second-order valence-corrected chi connectivity index (χ2v) is 4.46. The summed E-state index contributed by atoms with van der Waals surface area (Å²) in [6, 6.07) is 14.3. The van der Waals surface area contributed by atoms with Gasteiger partial charge in [0.05, 0.1) is 0 Å². The van der Waals surface area contributed by atoms with Gasteiger partial charge >= 0.3 is 0 Å². The standard InChI is InChI=1S/C16H15NO2/c1-11-7-9-13(10-8-11)15(18)16(19)17-14-6-4-3-5-12(14)2/h3-10H,1-2H3,(H,17,19). The van der Waals surface area contributed by atoms with Crippen molar-refractivity contribution < 1.29 is 9.59 Å². The zero-order valence-corrected chi connectivity index (χ0v) is 10.9. The molecule has 2 aromatic carbocycles. The van der Waals surface area contributed by atoms with Gasteiger partial charge in [0, 0.05) is 11.3 Å². The highest BCUT2D eigenvalue weighted by Crippen LogP contribution is 2.14. The molecule has 0 spiro atoms. The van der Waals surface area contributed by atoms with Crippen molar-refractivity contribution in [1.29, 1.82) is 0 Å². The summed E-state index contributed by atoms with van der Waals surface area (Å²) in [5.41, 5.74) is 3.04. The molecule has 0 bridgehead atoms. The van der Waals surface area contributed by atoms with Crippen LogP contribution in [-0.2, 0) is 4.79 Å². The summed E-state index contributed by atoms with van der Waals surface area (Å²) in [6.07, 6.45) is 0. The number of nitrogens with one attached hydrogen (secondary N) is 1. The highest BCUT2D eigenvalue weighted by Gasteiger charge is 2.16. The summed E-state index contributed by atoms with van der Waals surface area (Å²) in [6.45, 7) is 3.81. The SMILES string of the molecule is Cc1ccc(C(=O)C(=O)Nc2ccccc2C)cc1. The van der Waals surface area contributed by atoms with Crippen molar-refractivity contribution in [2.45, 2.75) is 13.8 Å². The molecule has 3 heteroatoms. The molecule has 0 aliphatic heterocycles. The number of benzene rings is 2. The highest BCUT2D eigenvalue weighted by molar-refractivity contribution is 6.46. The van der Waals surface area contributed by atoms with Crippen LogP contribution in [0, 0.1) is 13.8 Å². The van der Waals surface area contributed by atoms with E-state index in [0.29, 0.717) is 11.3 Å². The Kier molecular flexibility index (Phi) is 3.76. The lowest BCUT2D eigenvalue weighted by Crippen LogP contribution is -2.23. The summed E-state index contributed by atoms with van der Waals surface area (Å²) in [5.74, 6) is -1.14. The minimum absolute atomic E-state index is 0.400. The maximum atomic E-state index is 12.0. The molecule has 96 valence electrons. The Morgan fingerprint density at radius 1 is 0.895 bits per heavy atom. The zero-order chi connectivity index (χ0) is 13.8. The minimum atomic E-state index is -0.613. The maximum absolute atomic E-state index is 12.0. The van der Waals surface area contributed by atoms with Crippen molar-refractivity contribution in [3.05, 3.63) is 65.2 Å². The Bertz CT molecular complexity index is 615. The van der Waals surface area contributed by atoms with Gasteiger partial charge in [0.15, 0.2) is 0 Å². The maximum Gasteiger partial charge on any atom is 0.296 e. The first kappa shape index (κ1) is 13.0. The van der Waals surface area contributed by atoms with Gasteiger partial charge < -0.3 is 5.32 Å². The van der Waals surface area contributed by atoms with Gasteiger partial charge in [-0.25, -0.2) is 0 Å². The molecule has 0 aromatic heterocycles. The normalized spacial score (nSPS) is 10.0. The third kappa shape index (κ3) is 3.07. The van der Waals surface area contributed by atoms with E-state index < -0.39 is 11.7 Å². The fraction of sp³-hybridized carbons (Fsp3) is 0.125. The number of carbonyl (C=O) groups excluding carboxylic acids is 2. The van der Waals surface area contributed by atoms with Crippen LogP contribution in [0.3, 0.4) is 0 Å². The van der Waals surface area contributed by atoms with Crippen molar-refractivity contribution in [1.82, 2.24) is 0 Å². The molecule has 0 fully saturated rings. The number of hydrogen-bond donors (Lipinski definition) is 1. The molecule has 0 unspecified atom stereocenters. The molecule has 0 aliphatic rings. The smallest absolute Gasteiger partial charge is 0.296 e. The van der Waals surface area contributed by atoms with Gasteiger partial charge in [0.25, 0.3) is 11.7 Å². The van der Waals surface area contributed by atoms with Gasteiger partial charge in [0.2, 0.25) is 0 Å². The number of Topliss-reactive ketones (excluding diaryl/α,β-unsaturated/α-hetero) is 1. The molecule has 0 atom stereocenters. The number of carbonyl (C=O) groups is 2. The molecular weight excluding hydrogens is 238 g/mol. The largest absolute Gasteiger partial charge is 0.319 e. The lowest BCUT2D eigenvalue weighted by molar-refractivity contribution is -0.112. The van der Waals surface area contributed by atoms with Crippen molar-refractivity contribution in [3.63, 3.8) is 0 Å². The van der Waals surface area contributed by atoms with Crippen molar-refractivity contribution in [2.24, 2.45) is 0 Å². The molecule has 0 saturated heterocycles. The topological polar surface area (TPSA) is 46.2 Å². The Hall–Kier alpha value is -2.42. The second-order valence-electron chi connectivity index (χ2n) is 4.46. The van der Waals surface area contributed by atoms with Crippen LogP contribution in [0.2, 0.25) is 0 Å².